The van der Waals surface area contributed by atoms with Crippen LogP contribution in [-0.2, 0) is 6.54 Å². The van der Waals surface area contributed by atoms with E-state index in [-0.39, 0.29) is 11.9 Å². The molecule has 0 aromatic heterocycles. The number of ether oxygens (including phenoxy) is 2. The average Bonchev–Trinajstić information content (AvgIpc) is 3.09. The Hall–Kier alpha value is -3.40. The van der Waals surface area contributed by atoms with E-state index in [9.17, 15) is 15.2 Å². The van der Waals surface area contributed by atoms with E-state index >= 15 is 0 Å². The van der Waals surface area contributed by atoms with Crippen molar-refractivity contribution >= 4 is 29.2 Å². The maximum Gasteiger partial charge on any atom is 0.311 e. The van der Waals surface area contributed by atoms with Crippen molar-refractivity contribution in [1.29, 1.82) is 0 Å². The molecule has 0 amide bonds. The third-order valence-corrected chi connectivity index (χ3v) is 3.70. The van der Waals surface area contributed by atoms with Crippen molar-refractivity contribution in [2.75, 3.05) is 6.79 Å². The normalized spacial score (nSPS) is 12.2. The second-order valence-corrected chi connectivity index (χ2v) is 5.65. The second kappa shape index (κ2) is 7.66. The highest BCUT2D eigenvalue weighted by Gasteiger charge is 2.13. The largest absolute Gasteiger partial charge is 0.502 e. The van der Waals surface area contributed by atoms with Crippen LogP contribution in [0.3, 0.4) is 0 Å². The summed E-state index contributed by atoms with van der Waals surface area (Å²) in [6.07, 6.45) is 1.36. The predicted octanol–water partition coefficient (Wildman–Crippen LogP) is 2.03. The first-order valence-electron chi connectivity index (χ1n) is 7.46. The predicted molar refractivity (Wildman–Crippen MR) is 97.5 cm³/mol. The van der Waals surface area contributed by atoms with Crippen LogP contribution in [0.2, 0.25) is 0 Å². The molecule has 1 aliphatic rings. The maximum atomic E-state index is 10.8. The fourth-order valence-corrected chi connectivity index (χ4v) is 2.33. The number of hydrogen-bond acceptors (Lipinski definition) is 7. The summed E-state index contributed by atoms with van der Waals surface area (Å²) < 4.78 is 10.6. The van der Waals surface area contributed by atoms with Gasteiger partial charge in [-0.15, -0.1) is 0 Å². The quantitative estimate of drug-likeness (QED) is 0.315. The molecule has 0 radical (unpaired) electrons. The third kappa shape index (κ3) is 4.16. The molecule has 0 bridgehead atoms. The van der Waals surface area contributed by atoms with Crippen molar-refractivity contribution in [2.24, 2.45) is 5.10 Å². The molecule has 0 saturated carbocycles. The molecule has 2 aromatic rings. The smallest absolute Gasteiger partial charge is 0.311 e. The van der Waals surface area contributed by atoms with Gasteiger partial charge in [0.25, 0.3) is 0 Å². The molecular formula is C16H14N4O5S. The zero-order chi connectivity index (χ0) is 18.5. The lowest BCUT2D eigenvalue weighted by molar-refractivity contribution is -0.385. The summed E-state index contributed by atoms with van der Waals surface area (Å²) >= 11 is 5.12. The first-order chi connectivity index (χ1) is 12.5. The molecule has 3 N–H and O–H groups in total. The average molecular weight is 374 g/mol. The molecule has 0 atom stereocenters. The summed E-state index contributed by atoms with van der Waals surface area (Å²) in [5, 5.41) is 27.4. The highest BCUT2D eigenvalue weighted by molar-refractivity contribution is 7.80. The molecule has 0 fully saturated rings. The van der Waals surface area contributed by atoms with E-state index in [0.29, 0.717) is 23.6 Å². The third-order valence-electron chi connectivity index (χ3n) is 3.47. The summed E-state index contributed by atoms with van der Waals surface area (Å²) in [4.78, 5) is 10.1. The van der Waals surface area contributed by atoms with Crippen molar-refractivity contribution in [3.63, 3.8) is 0 Å². The molecule has 0 saturated heterocycles. The Kier molecular flexibility index (Phi) is 5.13. The van der Waals surface area contributed by atoms with Gasteiger partial charge in [-0.3, -0.25) is 15.5 Å². The lowest BCUT2D eigenvalue weighted by Gasteiger charge is -2.07. The zero-order valence-corrected chi connectivity index (χ0v) is 14.2. The van der Waals surface area contributed by atoms with Crippen molar-refractivity contribution in [2.45, 2.75) is 6.54 Å². The summed E-state index contributed by atoms with van der Waals surface area (Å²) in [6.45, 7) is 0.680. The van der Waals surface area contributed by atoms with E-state index in [1.165, 1.54) is 24.4 Å². The van der Waals surface area contributed by atoms with Crippen LogP contribution in [0, 0.1) is 10.1 Å². The first kappa shape index (κ1) is 17.4. The molecule has 1 aliphatic heterocycles. The van der Waals surface area contributed by atoms with Crippen molar-refractivity contribution in [3.8, 4) is 17.2 Å². The summed E-state index contributed by atoms with van der Waals surface area (Å²) in [5.74, 6) is 0.998. The lowest BCUT2D eigenvalue weighted by Crippen LogP contribution is -2.31. The van der Waals surface area contributed by atoms with E-state index < -0.39 is 16.4 Å². The van der Waals surface area contributed by atoms with Gasteiger partial charge in [0.1, 0.15) is 0 Å². The number of hydrogen-bond donors (Lipinski definition) is 3. The zero-order valence-electron chi connectivity index (χ0n) is 13.3. The Morgan fingerprint density at radius 1 is 1.31 bits per heavy atom. The van der Waals surface area contributed by atoms with Crippen LogP contribution in [0.5, 0.6) is 17.2 Å². The molecule has 3 rings (SSSR count). The van der Waals surface area contributed by atoms with Gasteiger partial charge in [-0.1, -0.05) is 6.07 Å². The van der Waals surface area contributed by atoms with Crippen LogP contribution in [0.1, 0.15) is 11.1 Å². The SMILES string of the molecule is O=[N+]([O-])c1cc(/C=N/NC(=S)NCc2ccc3c(c2)OCO3)ccc1O. The summed E-state index contributed by atoms with van der Waals surface area (Å²) in [7, 11) is 0. The number of phenols is 1. The Labute approximate surface area is 153 Å². The fourth-order valence-electron chi connectivity index (χ4n) is 2.21. The number of aromatic hydroxyl groups is 1. The Morgan fingerprint density at radius 3 is 2.92 bits per heavy atom. The van der Waals surface area contributed by atoms with E-state index in [0.717, 1.165) is 5.56 Å². The number of rotatable bonds is 5. The van der Waals surface area contributed by atoms with Crippen molar-refractivity contribution in [1.82, 2.24) is 10.7 Å². The van der Waals surface area contributed by atoms with Gasteiger partial charge in [-0.05, 0) is 42.0 Å². The fraction of sp³-hybridized carbons (Fsp3) is 0.125. The van der Waals surface area contributed by atoms with Crippen LogP contribution in [-0.4, -0.2) is 28.1 Å². The second-order valence-electron chi connectivity index (χ2n) is 5.25. The highest BCUT2D eigenvalue weighted by Crippen LogP contribution is 2.32. The molecule has 1 heterocycles. The van der Waals surface area contributed by atoms with Gasteiger partial charge in [-0.25, -0.2) is 0 Å². The van der Waals surface area contributed by atoms with Gasteiger partial charge in [0.05, 0.1) is 11.1 Å². The number of nitrogens with zero attached hydrogens (tertiary/aromatic N) is 2. The van der Waals surface area contributed by atoms with Crippen LogP contribution >= 0.6 is 12.2 Å². The van der Waals surface area contributed by atoms with Crippen molar-refractivity contribution < 1.29 is 19.5 Å². The number of benzene rings is 2. The monoisotopic (exact) mass is 374 g/mol. The van der Waals surface area contributed by atoms with Gasteiger partial charge >= 0.3 is 5.69 Å². The number of fused-ring (bicyclic) bond motifs is 1. The molecular weight excluding hydrogens is 360 g/mol. The standard InChI is InChI=1S/C16H14N4O5S/c21-13-3-1-10(5-12(13)20(22)23)8-18-19-16(26)17-7-11-2-4-14-15(6-11)25-9-24-14/h1-6,8,21H,7,9H2,(H2,17,19,26)/b18-8+. The topological polar surface area (TPSA) is 118 Å². The number of phenolic OH excluding ortho intramolecular Hbond substituents is 1. The Morgan fingerprint density at radius 2 is 2.12 bits per heavy atom. The van der Waals surface area contributed by atoms with Crippen LogP contribution in [0.15, 0.2) is 41.5 Å². The van der Waals surface area contributed by atoms with Crippen LogP contribution < -0.4 is 20.2 Å². The van der Waals surface area contributed by atoms with E-state index in [4.69, 9.17) is 21.7 Å². The van der Waals surface area contributed by atoms with Crippen molar-refractivity contribution in [3.05, 3.63) is 57.6 Å². The molecule has 2 aromatic carbocycles. The molecule has 26 heavy (non-hydrogen) atoms. The van der Waals surface area contributed by atoms with Gasteiger partial charge in [0.15, 0.2) is 22.4 Å². The number of nitrogens with one attached hydrogen (secondary N) is 2. The minimum absolute atomic E-state index is 0.219. The number of hydrazone groups is 1. The van der Waals surface area contributed by atoms with Gasteiger partial charge in [-0.2, -0.15) is 5.10 Å². The minimum atomic E-state index is -0.669. The molecule has 0 spiro atoms. The molecule has 134 valence electrons. The Balaban J connectivity index is 1.52. The van der Waals surface area contributed by atoms with Gasteiger partial charge < -0.3 is 19.9 Å². The highest BCUT2D eigenvalue weighted by atomic mass is 32.1. The number of thiocarbonyl (C=S) groups is 1. The van der Waals surface area contributed by atoms with E-state index in [2.05, 4.69) is 15.8 Å². The molecule has 9 nitrogen and oxygen atoms in total. The Bertz CT molecular complexity index is 887. The summed E-state index contributed by atoms with van der Waals surface area (Å²) in [5.41, 5.74) is 3.63. The number of nitro benzene ring substituents is 1. The maximum absolute atomic E-state index is 10.8. The van der Waals surface area contributed by atoms with Gasteiger partial charge in [0.2, 0.25) is 6.79 Å². The minimum Gasteiger partial charge on any atom is -0.502 e. The van der Waals surface area contributed by atoms with Crippen LogP contribution in [0.4, 0.5) is 5.69 Å². The summed E-state index contributed by atoms with van der Waals surface area (Å²) in [6, 6.07) is 9.51. The van der Waals surface area contributed by atoms with E-state index in [1.807, 2.05) is 18.2 Å². The molecule has 0 aliphatic carbocycles. The van der Waals surface area contributed by atoms with Gasteiger partial charge in [0, 0.05) is 18.2 Å². The molecule has 10 heteroatoms. The number of nitro groups is 1. The first-order valence-corrected chi connectivity index (χ1v) is 7.86. The van der Waals surface area contributed by atoms with Crippen LogP contribution in [0.25, 0.3) is 0 Å². The molecule has 0 unspecified atom stereocenters. The lowest BCUT2D eigenvalue weighted by atomic mass is 10.2. The van der Waals surface area contributed by atoms with E-state index in [1.54, 1.807) is 0 Å².